The fourth-order valence-electron chi connectivity index (χ4n) is 1.72. The van der Waals surface area contributed by atoms with E-state index >= 15 is 0 Å². The number of amides is 1. The first kappa shape index (κ1) is 13.3. The number of carbonyl (C=O) groups is 1. The summed E-state index contributed by atoms with van der Waals surface area (Å²) in [6, 6.07) is 4.33. The summed E-state index contributed by atoms with van der Waals surface area (Å²) in [4.78, 5) is 11.8. The van der Waals surface area contributed by atoms with E-state index in [1.165, 1.54) is 6.07 Å². The van der Waals surface area contributed by atoms with Crippen molar-refractivity contribution >= 4 is 17.5 Å². The second-order valence-corrected chi connectivity index (χ2v) is 4.42. The quantitative estimate of drug-likeness (QED) is 0.866. The molecule has 18 heavy (non-hydrogen) atoms. The zero-order chi connectivity index (χ0) is 13.0. The molecule has 1 atom stereocenters. The summed E-state index contributed by atoms with van der Waals surface area (Å²) >= 11 is 5.66. The van der Waals surface area contributed by atoms with Crippen molar-refractivity contribution in [1.82, 2.24) is 10.6 Å². The molecule has 0 saturated carbocycles. The fourth-order valence-corrected chi connectivity index (χ4v) is 1.92. The highest BCUT2D eigenvalue weighted by atomic mass is 35.5. The van der Waals surface area contributed by atoms with E-state index in [0.717, 1.165) is 0 Å². The van der Waals surface area contributed by atoms with Crippen molar-refractivity contribution in [3.8, 4) is 0 Å². The summed E-state index contributed by atoms with van der Waals surface area (Å²) < 4.78 is 18.8. The maximum absolute atomic E-state index is 13.6. The van der Waals surface area contributed by atoms with E-state index < -0.39 is 5.82 Å². The fraction of sp³-hybridized carbons (Fsp3) is 0.417. The van der Waals surface area contributed by atoms with Gasteiger partial charge in [-0.3, -0.25) is 4.79 Å². The van der Waals surface area contributed by atoms with Crippen molar-refractivity contribution in [3.63, 3.8) is 0 Å². The number of halogens is 2. The molecule has 1 amide bonds. The number of hydrogen-bond acceptors (Lipinski definition) is 3. The average Bonchev–Trinajstić information content (AvgIpc) is 2.41. The van der Waals surface area contributed by atoms with Crippen LogP contribution in [-0.4, -0.2) is 31.7 Å². The molecule has 1 aromatic rings. The van der Waals surface area contributed by atoms with Gasteiger partial charge >= 0.3 is 0 Å². The van der Waals surface area contributed by atoms with Gasteiger partial charge in [0.05, 0.1) is 18.2 Å². The molecule has 1 aromatic carbocycles. The molecule has 1 heterocycles. The molecule has 2 rings (SSSR count). The number of nitrogens with one attached hydrogen (secondary N) is 2. The highest BCUT2D eigenvalue weighted by Gasteiger charge is 2.21. The monoisotopic (exact) mass is 272 g/mol. The number of ether oxygens (including phenoxy) is 1. The van der Waals surface area contributed by atoms with Crippen molar-refractivity contribution in [2.45, 2.75) is 12.6 Å². The SMILES string of the molecule is O=C(NCc1cccc(Cl)c1F)[C@@H]1COCCN1. The number of benzene rings is 1. The summed E-state index contributed by atoms with van der Waals surface area (Å²) in [6.07, 6.45) is 0. The van der Waals surface area contributed by atoms with Gasteiger partial charge < -0.3 is 15.4 Å². The average molecular weight is 273 g/mol. The van der Waals surface area contributed by atoms with E-state index in [-0.39, 0.29) is 23.5 Å². The third kappa shape index (κ3) is 3.19. The van der Waals surface area contributed by atoms with Gasteiger partial charge in [-0.1, -0.05) is 23.7 Å². The van der Waals surface area contributed by atoms with Crippen LogP contribution in [0.1, 0.15) is 5.56 Å². The Hall–Kier alpha value is -1.17. The zero-order valence-corrected chi connectivity index (χ0v) is 10.5. The predicted molar refractivity (Wildman–Crippen MR) is 65.9 cm³/mol. The van der Waals surface area contributed by atoms with Gasteiger partial charge in [-0.05, 0) is 6.07 Å². The van der Waals surface area contributed by atoms with Gasteiger partial charge in [0.25, 0.3) is 0 Å². The summed E-state index contributed by atoms with van der Waals surface area (Å²) in [6.45, 7) is 1.70. The molecule has 0 radical (unpaired) electrons. The summed E-state index contributed by atoms with van der Waals surface area (Å²) in [5.74, 6) is -0.693. The first-order valence-corrected chi connectivity index (χ1v) is 6.08. The van der Waals surface area contributed by atoms with Gasteiger partial charge in [0.2, 0.25) is 5.91 Å². The maximum atomic E-state index is 13.6. The normalized spacial score (nSPS) is 19.6. The van der Waals surface area contributed by atoms with Crippen LogP contribution in [0, 0.1) is 5.82 Å². The molecule has 98 valence electrons. The highest BCUT2D eigenvalue weighted by Crippen LogP contribution is 2.17. The Balaban J connectivity index is 1.90. The molecule has 0 unspecified atom stereocenters. The Kier molecular flexibility index (Phi) is 4.52. The molecule has 1 fully saturated rings. The van der Waals surface area contributed by atoms with Crippen molar-refractivity contribution in [2.75, 3.05) is 19.8 Å². The molecule has 0 aliphatic carbocycles. The van der Waals surface area contributed by atoms with Crippen LogP contribution in [0.2, 0.25) is 5.02 Å². The molecular weight excluding hydrogens is 259 g/mol. The second kappa shape index (κ2) is 6.13. The Morgan fingerprint density at radius 1 is 1.61 bits per heavy atom. The van der Waals surface area contributed by atoms with Crippen LogP contribution in [0.25, 0.3) is 0 Å². The van der Waals surface area contributed by atoms with Crippen LogP contribution < -0.4 is 10.6 Å². The van der Waals surface area contributed by atoms with Crippen molar-refractivity contribution in [1.29, 1.82) is 0 Å². The standard InChI is InChI=1S/C12H14ClFN2O2/c13-9-3-1-2-8(11(9)14)6-16-12(17)10-7-18-5-4-15-10/h1-3,10,15H,4-7H2,(H,16,17)/t10-/m0/s1. The third-order valence-corrected chi connectivity index (χ3v) is 3.01. The Morgan fingerprint density at radius 3 is 3.17 bits per heavy atom. The topological polar surface area (TPSA) is 50.4 Å². The lowest BCUT2D eigenvalue weighted by Crippen LogP contribution is -2.51. The molecule has 0 bridgehead atoms. The van der Waals surface area contributed by atoms with Crippen molar-refractivity contribution in [3.05, 3.63) is 34.6 Å². The number of morpholine rings is 1. The lowest BCUT2D eigenvalue weighted by Gasteiger charge is -2.22. The Bertz CT molecular complexity index is 436. The summed E-state index contributed by atoms with van der Waals surface area (Å²) in [5, 5.41) is 5.74. The lowest BCUT2D eigenvalue weighted by atomic mass is 10.2. The molecule has 0 spiro atoms. The van der Waals surface area contributed by atoms with Crippen molar-refractivity contribution in [2.24, 2.45) is 0 Å². The molecule has 1 aliphatic rings. The number of carbonyl (C=O) groups excluding carboxylic acids is 1. The largest absolute Gasteiger partial charge is 0.378 e. The molecule has 2 N–H and O–H groups in total. The minimum atomic E-state index is -0.493. The highest BCUT2D eigenvalue weighted by molar-refractivity contribution is 6.30. The van der Waals surface area contributed by atoms with Gasteiger partial charge in [-0.15, -0.1) is 0 Å². The van der Waals surface area contributed by atoms with Gasteiger partial charge in [0.1, 0.15) is 11.9 Å². The number of hydrogen-bond donors (Lipinski definition) is 2. The molecular formula is C12H14ClFN2O2. The van der Waals surface area contributed by atoms with E-state index in [4.69, 9.17) is 16.3 Å². The van der Waals surface area contributed by atoms with Crippen LogP contribution in [0.15, 0.2) is 18.2 Å². The van der Waals surface area contributed by atoms with Crippen LogP contribution in [-0.2, 0) is 16.1 Å². The van der Waals surface area contributed by atoms with Gasteiger partial charge in [0, 0.05) is 18.7 Å². The Labute approximate surface area is 109 Å². The first-order chi connectivity index (χ1) is 8.68. The minimum Gasteiger partial charge on any atom is -0.378 e. The van der Waals surface area contributed by atoms with Crippen LogP contribution >= 0.6 is 11.6 Å². The van der Waals surface area contributed by atoms with Crippen LogP contribution in [0.4, 0.5) is 4.39 Å². The van der Waals surface area contributed by atoms with Gasteiger partial charge in [-0.25, -0.2) is 4.39 Å². The van der Waals surface area contributed by atoms with Crippen LogP contribution in [0.5, 0.6) is 0 Å². The predicted octanol–water partition coefficient (Wildman–Crippen LogP) is 1.08. The van der Waals surface area contributed by atoms with Gasteiger partial charge in [-0.2, -0.15) is 0 Å². The maximum Gasteiger partial charge on any atom is 0.239 e. The molecule has 4 nitrogen and oxygen atoms in total. The van der Waals surface area contributed by atoms with Gasteiger partial charge in [0.15, 0.2) is 0 Å². The molecule has 6 heteroatoms. The summed E-state index contributed by atoms with van der Waals surface area (Å²) in [7, 11) is 0. The first-order valence-electron chi connectivity index (χ1n) is 5.70. The minimum absolute atomic E-state index is 0.0564. The van der Waals surface area contributed by atoms with E-state index in [9.17, 15) is 9.18 Å². The van der Waals surface area contributed by atoms with Crippen LogP contribution in [0.3, 0.4) is 0 Å². The summed E-state index contributed by atoms with van der Waals surface area (Å²) in [5.41, 5.74) is 0.368. The van der Waals surface area contributed by atoms with E-state index in [1.54, 1.807) is 12.1 Å². The second-order valence-electron chi connectivity index (χ2n) is 4.01. The zero-order valence-electron chi connectivity index (χ0n) is 9.71. The van der Waals surface area contributed by atoms with Crippen molar-refractivity contribution < 1.29 is 13.9 Å². The lowest BCUT2D eigenvalue weighted by molar-refractivity contribution is -0.126. The number of rotatable bonds is 3. The van der Waals surface area contributed by atoms with E-state index in [2.05, 4.69) is 10.6 Å². The molecule has 0 aromatic heterocycles. The van der Waals surface area contributed by atoms with E-state index in [1.807, 2.05) is 0 Å². The molecule has 1 saturated heterocycles. The van der Waals surface area contributed by atoms with E-state index in [0.29, 0.717) is 25.3 Å². The third-order valence-electron chi connectivity index (χ3n) is 2.72. The Morgan fingerprint density at radius 2 is 2.44 bits per heavy atom. The molecule has 1 aliphatic heterocycles. The smallest absolute Gasteiger partial charge is 0.239 e.